The van der Waals surface area contributed by atoms with Crippen LogP contribution in [0.3, 0.4) is 0 Å². The molecule has 1 rings (SSSR count). The second-order valence-corrected chi connectivity index (χ2v) is 6.24. The standard InChI is InChI=1S/C17H24O3/c1-7-17(6,19)11-8-14-12(2)15(20-13(3)18)9-10-16(14,4)5/h1,8,11,15,19H,9-10H2,2-6H3/b11-8-. The summed E-state index contributed by atoms with van der Waals surface area (Å²) in [6, 6.07) is 0. The van der Waals surface area contributed by atoms with E-state index in [4.69, 9.17) is 11.2 Å². The number of hydrogen-bond acceptors (Lipinski definition) is 3. The zero-order valence-electron chi connectivity index (χ0n) is 13.0. The molecule has 1 aliphatic rings. The Labute approximate surface area is 121 Å². The van der Waals surface area contributed by atoms with Crippen molar-refractivity contribution in [3.63, 3.8) is 0 Å². The van der Waals surface area contributed by atoms with Gasteiger partial charge < -0.3 is 9.84 Å². The number of hydrogen-bond donors (Lipinski definition) is 1. The summed E-state index contributed by atoms with van der Waals surface area (Å²) in [5.41, 5.74) is 0.811. The van der Waals surface area contributed by atoms with E-state index in [1.807, 2.05) is 13.0 Å². The minimum absolute atomic E-state index is 0.0259. The van der Waals surface area contributed by atoms with Crippen molar-refractivity contribution in [3.8, 4) is 12.3 Å². The second-order valence-electron chi connectivity index (χ2n) is 6.24. The molecule has 0 aliphatic heterocycles. The molecule has 20 heavy (non-hydrogen) atoms. The third-order valence-corrected chi connectivity index (χ3v) is 3.84. The Hall–Kier alpha value is -1.53. The predicted octanol–water partition coefficient (Wildman–Crippen LogP) is 3.00. The van der Waals surface area contributed by atoms with Crippen LogP contribution in [0.1, 0.15) is 47.5 Å². The minimum Gasteiger partial charge on any atom is -0.458 e. The Balaban J connectivity index is 3.14. The Kier molecular flexibility index (Phi) is 4.83. The van der Waals surface area contributed by atoms with Crippen molar-refractivity contribution in [2.75, 3.05) is 0 Å². The molecule has 0 heterocycles. The van der Waals surface area contributed by atoms with Crippen molar-refractivity contribution < 1.29 is 14.6 Å². The van der Waals surface area contributed by atoms with Crippen LogP contribution in [0.2, 0.25) is 0 Å². The summed E-state index contributed by atoms with van der Waals surface area (Å²) in [6.45, 7) is 9.25. The van der Waals surface area contributed by atoms with Crippen LogP contribution in [-0.2, 0) is 9.53 Å². The van der Waals surface area contributed by atoms with Crippen molar-refractivity contribution in [2.24, 2.45) is 5.41 Å². The van der Waals surface area contributed by atoms with E-state index in [2.05, 4.69) is 19.8 Å². The average molecular weight is 276 g/mol. The molecule has 0 saturated heterocycles. The number of carbonyl (C=O) groups excluding carboxylic acids is 1. The molecule has 0 bridgehead atoms. The van der Waals surface area contributed by atoms with E-state index in [1.165, 1.54) is 6.92 Å². The zero-order valence-corrected chi connectivity index (χ0v) is 13.0. The number of carbonyl (C=O) groups is 1. The van der Waals surface area contributed by atoms with Crippen LogP contribution < -0.4 is 0 Å². The van der Waals surface area contributed by atoms with Gasteiger partial charge in [-0.15, -0.1) is 6.42 Å². The fourth-order valence-electron chi connectivity index (χ4n) is 2.55. The van der Waals surface area contributed by atoms with E-state index >= 15 is 0 Å². The van der Waals surface area contributed by atoms with E-state index in [1.54, 1.807) is 13.0 Å². The molecule has 1 N–H and O–H groups in total. The SMILES string of the molecule is C#CC(C)(O)/C=C\C1=C(C)C(OC(C)=O)CCC1(C)C. The number of allylic oxidation sites excluding steroid dienone is 2. The summed E-state index contributed by atoms with van der Waals surface area (Å²) >= 11 is 0. The van der Waals surface area contributed by atoms with Crippen molar-refractivity contribution in [3.05, 3.63) is 23.3 Å². The molecule has 0 aromatic rings. The largest absolute Gasteiger partial charge is 0.458 e. The van der Waals surface area contributed by atoms with Crippen LogP contribution >= 0.6 is 0 Å². The monoisotopic (exact) mass is 276 g/mol. The summed E-state index contributed by atoms with van der Waals surface area (Å²) in [4.78, 5) is 11.2. The van der Waals surface area contributed by atoms with Crippen LogP contribution in [0.15, 0.2) is 23.3 Å². The van der Waals surface area contributed by atoms with Crippen LogP contribution in [0, 0.1) is 17.8 Å². The maximum atomic E-state index is 11.2. The molecule has 0 aromatic heterocycles. The minimum atomic E-state index is -1.27. The molecule has 0 spiro atoms. The number of ether oxygens (including phenoxy) is 1. The van der Waals surface area contributed by atoms with Gasteiger partial charge in [0.1, 0.15) is 11.7 Å². The van der Waals surface area contributed by atoms with Gasteiger partial charge >= 0.3 is 5.97 Å². The fourth-order valence-corrected chi connectivity index (χ4v) is 2.55. The maximum Gasteiger partial charge on any atom is 0.303 e. The number of aliphatic hydroxyl groups is 1. The van der Waals surface area contributed by atoms with Gasteiger partial charge in [0.05, 0.1) is 0 Å². The molecule has 2 atom stereocenters. The normalized spacial score (nSPS) is 25.1. The highest BCUT2D eigenvalue weighted by Crippen LogP contribution is 2.42. The second kappa shape index (κ2) is 5.85. The van der Waals surface area contributed by atoms with Gasteiger partial charge in [-0.3, -0.25) is 4.79 Å². The van der Waals surface area contributed by atoms with E-state index in [9.17, 15) is 9.90 Å². The molecule has 3 nitrogen and oxygen atoms in total. The number of rotatable bonds is 3. The summed E-state index contributed by atoms with van der Waals surface area (Å²) < 4.78 is 5.35. The first-order chi connectivity index (χ1) is 9.09. The first-order valence-electron chi connectivity index (χ1n) is 6.87. The topological polar surface area (TPSA) is 46.5 Å². The van der Waals surface area contributed by atoms with Gasteiger partial charge in [-0.25, -0.2) is 0 Å². The highest BCUT2D eigenvalue weighted by molar-refractivity contribution is 5.66. The highest BCUT2D eigenvalue weighted by Gasteiger charge is 2.33. The predicted molar refractivity (Wildman–Crippen MR) is 79.9 cm³/mol. The van der Waals surface area contributed by atoms with Crippen LogP contribution in [0.5, 0.6) is 0 Å². The van der Waals surface area contributed by atoms with Gasteiger partial charge in [0.15, 0.2) is 0 Å². The van der Waals surface area contributed by atoms with E-state index in [0.717, 1.165) is 24.0 Å². The third-order valence-electron chi connectivity index (χ3n) is 3.84. The van der Waals surface area contributed by atoms with Gasteiger partial charge in [0.25, 0.3) is 0 Å². The first-order valence-corrected chi connectivity index (χ1v) is 6.87. The molecule has 3 heteroatoms. The lowest BCUT2D eigenvalue weighted by Gasteiger charge is -2.37. The van der Waals surface area contributed by atoms with Crippen LogP contribution in [0.25, 0.3) is 0 Å². The van der Waals surface area contributed by atoms with Crippen LogP contribution in [0.4, 0.5) is 0 Å². The molecule has 1 aliphatic carbocycles. The van der Waals surface area contributed by atoms with E-state index in [0.29, 0.717) is 0 Å². The molecule has 2 unspecified atom stereocenters. The summed E-state index contributed by atoms with van der Waals surface area (Å²) in [7, 11) is 0. The molecule has 0 radical (unpaired) electrons. The third kappa shape index (κ3) is 3.98. The maximum absolute atomic E-state index is 11.2. The Bertz CT molecular complexity index is 487. The van der Waals surface area contributed by atoms with Gasteiger partial charge in [0, 0.05) is 6.92 Å². The molecular formula is C17H24O3. The lowest BCUT2D eigenvalue weighted by molar-refractivity contribution is -0.145. The quantitative estimate of drug-likeness (QED) is 0.636. The van der Waals surface area contributed by atoms with E-state index < -0.39 is 5.60 Å². The van der Waals surface area contributed by atoms with Gasteiger partial charge in [-0.1, -0.05) is 25.8 Å². The average Bonchev–Trinajstić information content (AvgIpc) is 2.32. The molecule has 110 valence electrons. The van der Waals surface area contributed by atoms with Crippen LogP contribution in [-0.4, -0.2) is 22.8 Å². The lowest BCUT2D eigenvalue weighted by Crippen LogP contribution is -2.30. The van der Waals surface area contributed by atoms with Crippen molar-refractivity contribution in [1.82, 2.24) is 0 Å². The highest BCUT2D eigenvalue weighted by atomic mass is 16.5. The van der Waals surface area contributed by atoms with Gasteiger partial charge in [-0.2, -0.15) is 0 Å². The van der Waals surface area contributed by atoms with Crippen molar-refractivity contribution >= 4 is 5.97 Å². The fraction of sp³-hybridized carbons (Fsp3) is 0.588. The molecular weight excluding hydrogens is 252 g/mol. The summed E-state index contributed by atoms with van der Waals surface area (Å²) in [5.74, 6) is 2.06. The molecule has 0 saturated carbocycles. The Morgan fingerprint density at radius 3 is 2.70 bits per heavy atom. The van der Waals surface area contributed by atoms with Crippen molar-refractivity contribution in [2.45, 2.75) is 59.2 Å². The van der Waals surface area contributed by atoms with Crippen molar-refractivity contribution in [1.29, 1.82) is 0 Å². The Morgan fingerprint density at radius 1 is 1.60 bits per heavy atom. The van der Waals surface area contributed by atoms with E-state index in [-0.39, 0.29) is 17.5 Å². The van der Waals surface area contributed by atoms with Gasteiger partial charge in [-0.05, 0) is 49.3 Å². The zero-order chi connectivity index (χ0) is 15.6. The molecule has 0 amide bonds. The Morgan fingerprint density at radius 2 is 2.20 bits per heavy atom. The first kappa shape index (κ1) is 16.5. The molecule has 0 aromatic carbocycles. The van der Waals surface area contributed by atoms with Gasteiger partial charge in [0.2, 0.25) is 0 Å². The molecule has 0 fully saturated rings. The number of esters is 1. The summed E-state index contributed by atoms with van der Waals surface area (Å²) in [5, 5.41) is 9.89. The smallest absolute Gasteiger partial charge is 0.303 e. The number of terminal acetylenes is 1. The summed E-state index contributed by atoms with van der Waals surface area (Å²) in [6.07, 6.45) is 10.3. The lowest BCUT2D eigenvalue weighted by atomic mass is 9.71.